The number of hydrogen-bond acceptors (Lipinski definition) is 4. The fraction of sp³-hybridized carbons (Fsp3) is 0.474. The van der Waals surface area contributed by atoms with Gasteiger partial charge in [-0.25, -0.2) is 0 Å². The molecule has 1 atom stereocenters. The van der Waals surface area contributed by atoms with E-state index in [1.807, 2.05) is 17.4 Å². The number of nitrogens with zero attached hydrogens (tertiary/aromatic N) is 2. The molecular weight excluding hydrogens is 304 g/mol. The Morgan fingerprint density at radius 1 is 1.30 bits per heavy atom. The van der Waals surface area contributed by atoms with Crippen molar-refractivity contribution < 1.29 is 4.74 Å². The Kier molecular flexibility index (Phi) is 5.36. The maximum atomic E-state index is 5.39. The fourth-order valence-corrected chi connectivity index (χ4v) is 4.30. The third-order valence-electron chi connectivity index (χ3n) is 4.41. The molecule has 2 aromatic rings. The molecule has 1 aliphatic heterocycles. The van der Waals surface area contributed by atoms with Gasteiger partial charge in [0.1, 0.15) is 5.75 Å². The topological polar surface area (TPSA) is 15.7 Å². The minimum Gasteiger partial charge on any atom is -0.497 e. The highest BCUT2D eigenvalue weighted by Gasteiger charge is 2.26. The zero-order valence-electron chi connectivity index (χ0n) is 14.3. The van der Waals surface area contributed by atoms with Gasteiger partial charge in [0, 0.05) is 24.0 Å². The molecular formula is C19H26N2OS. The molecule has 4 heteroatoms. The first kappa shape index (κ1) is 16.5. The van der Waals surface area contributed by atoms with Crippen LogP contribution in [0.3, 0.4) is 0 Å². The summed E-state index contributed by atoms with van der Waals surface area (Å²) in [6.45, 7) is 3.26. The van der Waals surface area contributed by atoms with Crippen molar-refractivity contribution in [1.29, 1.82) is 0 Å². The van der Waals surface area contributed by atoms with E-state index in [0.29, 0.717) is 6.04 Å². The van der Waals surface area contributed by atoms with Crippen molar-refractivity contribution in [2.45, 2.75) is 32.0 Å². The van der Waals surface area contributed by atoms with Crippen molar-refractivity contribution in [2.75, 3.05) is 27.7 Å². The molecule has 124 valence electrons. The molecule has 0 spiro atoms. The third kappa shape index (κ3) is 4.14. The summed E-state index contributed by atoms with van der Waals surface area (Å²) in [5.74, 6) is 0.957. The van der Waals surface area contributed by atoms with Crippen molar-refractivity contribution in [3.8, 4) is 5.75 Å². The summed E-state index contributed by atoms with van der Waals surface area (Å²) >= 11 is 1.89. The van der Waals surface area contributed by atoms with E-state index in [-0.39, 0.29) is 0 Å². The molecule has 1 aliphatic rings. The standard InChI is InChI=1S/C19H26N2OS/c1-20(2)12-15-10-18(23-14-15)13-21-9-5-8-19(21)16-6-4-7-17(11-16)22-3/h4,6-7,10-11,14,19H,5,8-9,12-13H2,1-3H3/t19-/m0/s1. The summed E-state index contributed by atoms with van der Waals surface area (Å²) in [5.41, 5.74) is 2.80. The van der Waals surface area contributed by atoms with Crippen LogP contribution in [0.25, 0.3) is 0 Å². The van der Waals surface area contributed by atoms with Gasteiger partial charge in [-0.2, -0.15) is 0 Å². The molecule has 0 aliphatic carbocycles. The molecule has 3 nitrogen and oxygen atoms in total. The van der Waals surface area contributed by atoms with Crippen LogP contribution < -0.4 is 4.74 Å². The summed E-state index contributed by atoms with van der Waals surface area (Å²) in [6.07, 6.45) is 2.51. The SMILES string of the molecule is COc1cccc([C@@H]2CCCN2Cc2cc(CN(C)C)cs2)c1. The molecule has 0 saturated carbocycles. The van der Waals surface area contributed by atoms with Gasteiger partial charge in [-0.3, -0.25) is 4.90 Å². The Morgan fingerprint density at radius 3 is 2.96 bits per heavy atom. The van der Waals surface area contributed by atoms with Crippen molar-refractivity contribution in [3.05, 3.63) is 51.7 Å². The molecule has 0 unspecified atom stereocenters. The predicted octanol–water partition coefficient (Wildman–Crippen LogP) is 4.16. The quantitative estimate of drug-likeness (QED) is 0.791. The van der Waals surface area contributed by atoms with E-state index >= 15 is 0 Å². The zero-order chi connectivity index (χ0) is 16.2. The molecule has 0 amide bonds. The molecule has 1 fully saturated rings. The van der Waals surface area contributed by atoms with E-state index in [9.17, 15) is 0 Å². The Balaban J connectivity index is 1.70. The van der Waals surface area contributed by atoms with Gasteiger partial charge in [0.2, 0.25) is 0 Å². The number of rotatable bonds is 6. The van der Waals surface area contributed by atoms with Gasteiger partial charge < -0.3 is 9.64 Å². The molecule has 0 N–H and O–H groups in total. The highest BCUT2D eigenvalue weighted by molar-refractivity contribution is 7.10. The first-order chi connectivity index (χ1) is 11.2. The normalized spacial score (nSPS) is 18.7. The summed E-state index contributed by atoms with van der Waals surface area (Å²) in [4.78, 5) is 6.30. The first-order valence-electron chi connectivity index (χ1n) is 8.24. The lowest BCUT2D eigenvalue weighted by atomic mass is 10.0. The minimum atomic E-state index is 0.518. The number of benzene rings is 1. The van der Waals surface area contributed by atoms with Gasteiger partial charge in [0.05, 0.1) is 7.11 Å². The van der Waals surface area contributed by atoms with E-state index < -0.39 is 0 Å². The molecule has 2 heterocycles. The summed E-state index contributed by atoms with van der Waals surface area (Å²) in [5, 5.41) is 2.30. The molecule has 1 aromatic heterocycles. The molecule has 1 aromatic carbocycles. The molecule has 1 saturated heterocycles. The average Bonchev–Trinajstić information content (AvgIpc) is 3.17. The number of methoxy groups -OCH3 is 1. The monoisotopic (exact) mass is 330 g/mol. The van der Waals surface area contributed by atoms with Gasteiger partial charge in [-0.15, -0.1) is 11.3 Å². The molecule has 0 bridgehead atoms. The lowest BCUT2D eigenvalue weighted by Gasteiger charge is -2.24. The lowest BCUT2D eigenvalue weighted by Crippen LogP contribution is -2.22. The van der Waals surface area contributed by atoms with Crippen molar-refractivity contribution in [2.24, 2.45) is 0 Å². The van der Waals surface area contributed by atoms with Crippen LogP contribution in [-0.4, -0.2) is 37.5 Å². The maximum absolute atomic E-state index is 5.39. The summed E-state index contributed by atoms with van der Waals surface area (Å²) < 4.78 is 5.39. The van der Waals surface area contributed by atoms with Gasteiger partial charge in [0.15, 0.2) is 0 Å². The van der Waals surface area contributed by atoms with Crippen LogP contribution in [0.5, 0.6) is 5.75 Å². The summed E-state index contributed by atoms with van der Waals surface area (Å²) in [7, 11) is 5.98. The molecule has 3 rings (SSSR count). The van der Waals surface area contributed by atoms with Crippen molar-refractivity contribution in [3.63, 3.8) is 0 Å². The van der Waals surface area contributed by atoms with Crippen LogP contribution >= 0.6 is 11.3 Å². The fourth-order valence-electron chi connectivity index (χ4n) is 3.40. The van der Waals surface area contributed by atoms with Gasteiger partial charge in [-0.1, -0.05) is 12.1 Å². The third-order valence-corrected chi connectivity index (χ3v) is 5.38. The highest BCUT2D eigenvalue weighted by atomic mass is 32.1. The van der Waals surface area contributed by atoms with Crippen LogP contribution in [0.15, 0.2) is 35.7 Å². The van der Waals surface area contributed by atoms with Crippen LogP contribution in [0.1, 0.15) is 34.9 Å². The Labute approximate surface area is 143 Å². The molecule has 23 heavy (non-hydrogen) atoms. The van der Waals surface area contributed by atoms with Crippen molar-refractivity contribution in [1.82, 2.24) is 9.80 Å². The number of ether oxygens (including phenoxy) is 1. The number of hydrogen-bond donors (Lipinski definition) is 0. The van der Waals surface area contributed by atoms with E-state index in [1.165, 1.54) is 35.4 Å². The second-order valence-corrected chi connectivity index (χ2v) is 7.56. The average molecular weight is 330 g/mol. The summed E-state index contributed by atoms with van der Waals surface area (Å²) in [6, 6.07) is 11.4. The minimum absolute atomic E-state index is 0.518. The van der Waals surface area contributed by atoms with Gasteiger partial charge >= 0.3 is 0 Å². The second-order valence-electron chi connectivity index (χ2n) is 6.56. The van der Waals surface area contributed by atoms with E-state index in [2.05, 4.69) is 53.5 Å². The highest BCUT2D eigenvalue weighted by Crippen LogP contribution is 2.35. The number of thiophene rings is 1. The van der Waals surface area contributed by atoms with E-state index in [1.54, 1.807) is 7.11 Å². The van der Waals surface area contributed by atoms with Crippen LogP contribution in [0.2, 0.25) is 0 Å². The largest absolute Gasteiger partial charge is 0.497 e. The van der Waals surface area contributed by atoms with E-state index in [0.717, 1.165) is 18.8 Å². The van der Waals surface area contributed by atoms with Crippen LogP contribution in [-0.2, 0) is 13.1 Å². The van der Waals surface area contributed by atoms with E-state index in [4.69, 9.17) is 4.74 Å². The Bertz CT molecular complexity index is 638. The first-order valence-corrected chi connectivity index (χ1v) is 9.12. The molecule has 0 radical (unpaired) electrons. The Morgan fingerprint density at radius 2 is 2.17 bits per heavy atom. The lowest BCUT2D eigenvalue weighted by molar-refractivity contribution is 0.250. The van der Waals surface area contributed by atoms with Crippen molar-refractivity contribution >= 4 is 11.3 Å². The predicted molar refractivity (Wildman–Crippen MR) is 97.1 cm³/mol. The number of likely N-dealkylation sites (tertiary alicyclic amines) is 1. The zero-order valence-corrected chi connectivity index (χ0v) is 15.1. The maximum Gasteiger partial charge on any atom is 0.119 e. The van der Waals surface area contributed by atoms with Crippen LogP contribution in [0.4, 0.5) is 0 Å². The van der Waals surface area contributed by atoms with Crippen LogP contribution in [0, 0.1) is 0 Å². The Hall–Kier alpha value is -1.36. The smallest absolute Gasteiger partial charge is 0.119 e. The van der Waals surface area contributed by atoms with Gasteiger partial charge in [-0.05, 0) is 68.2 Å². The van der Waals surface area contributed by atoms with Gasteiger partial charge in [0.25, 0.3) is 0 Å². The second kappa shape index (κ2) is 7.47.